The molecule has 0 aromatic heterocycles. The molecule has 1 N–H and O–H groups in total. The lowest BCUT2D eigenvalue weighted by Gasteiger charge is -2.20. The van der Waals surface area contributed by atoms with E-state index >= 15 is 0 Å². The number of carbonyl (C=O) groups excluding carboxylic acids is 2. The number of ketones is 2. The number of aliphatic carboxylic acids is 1. The van der Waals surface area contributed by atoms with E-state index in [0.717, 1.165) is 36.8 Å². The lowest BCUT2D eigenvalue weighted by atomic mass is 9.81. The normalized spacial score (nSPS) is 24.2. The van der Waals surface area contributed by atoms with Gasteiger partial charge in [-0.05, 0) is 42.9 Å². The van der Waals surface area contributed by atoms with Crippen molar-refractivity contribution in [3.63, 3.8) is 0 Å². The van der Waals surface area contributed by atoms with E-state index < -0.39 is 23.5 Å². The number of carboxylic acids is 1. The molecule has 0 saturated heterocycles. The van der Waals surface area contributed by atoms with Crippen LogP contribution >= 0.6 is 0 Å². The number of hydrogen-bond donors (Lipinski definition) is 1. The third-order valence-electron chi connectivity index (χ3n) is 3.36. The topological polar surface area (TPSA) is 71.4 Å². The van der Waals surface area contributed by atoms with Crippen molar-refractivity contribution in [3.05, 3.63) is 23.3 Å². The summed E-state index contributed by atoms with van der Waals surface area (Å²) in [5, 5.41) is 8.76. The molecule has 1 atom stereocenters. The lowest BCUT2D eigenvalue weighted by molar-refractivity contribution is -0.151. The van der Waals surface area contributed by atoms with E-state index in [1.54, 1.807) is 6.08 Å². The molecule has 0 bridgehead atoms. The zero-order valence-electron chi connectivity index (χ0n) is 9.44. The molecule has 0 aliphatic heterocycles. The van der Waals surface area contributed by atoms with Gasteiger partial charge in [0, 0.05) is 0 Å². The maximum absolute atomic E-state index is 11.7. The van der Waals surface area contributed by atoms with E-state index in [1.807, 2.05) is 0 Å². The van der Waals surface area contributed by atoms with Crippen LogP contribution in [0.1, 0.15) is 32.1 Å². The summed E-state index contributed by atoms with van der Waals surface area (Å²) in [5.74, 6) is -3.97. The minimum atomic E-state index is -1.52. The molecule has 2 aliphatic carbocycles. The predicted octanol–water partition coefficient (Wildman–Crippen LogP) is 1.66. The summed E-state index contributed by atoms with van der Waals surface area (Å²) in [7, 11) is 0. The molecular weight excluding hydrogens is 220 g/mol. The predicted molar refractivity (Wildman–Crippen MR) is 60.4 cm³/mol. The van der Waals surface area contributed by atoms with E-state index in [-0.39, 0.29) is 0 Å². The molecule has 90 valence electrons. The summed E-state index contributed by atoms with van der Waals surface area (Å²) in [6, 6.07) is 0. The molecule has 0 radical (unpaired) electrons. The molecule has 0 amide bonds. The highest BCUT2D eigenvalue weighted by atomic mass is 16.4. The van der Waals surface area contributed by atoms with Crippen LogP contribution in [0.3, 0.4) is 0 Å². The van der Waals surface area contributed by atoms with Gasteiger partial charge in [-0.25, -0.2) is 4.79 Å². The van der Waals surface area contributed by atoms with Crippen molar-refractivity contribution in [3.8, 4) is 0 Å². The zero-order chi connectivity index (χ0) is 12.4. The Morgan fingerprint density at radius 3 is 2.53 bits per heavy atom. The second-order valence-electron chi connectivity index (χ2n) is 4.45. The smallest absolute Gasteiger partial charge is 0.373 e. The standard InChI is InChI=1S/C13H14O4/c14-10-7-6-8-4-2-1-3-5-9(8)11(10)12(15)13(16)17/h6-7,11H,1-5H2,(H,16,17). The molecule has 4 nitrogen and oxygen atoms in total. The highest BCUT2D eigenvalue weighted by Crippen LogP contribution is 2.33. The van der Waals surface area contributed by atoms with Gasteiger partial charge < -0.3 is 5.11 Å². The molecule has 0 aromatic rings. The second-order valence-corrected chi connectivity index (χ2v) is 4.45. The summed E-state index contributed by atoms with van der Waals surface area (Å²) >= 11 is 0. The van der Waals surface area contributed by atoms with Crippen LogP contribution in [0, 0.1) is 5.92 Å². The maximum Gasteiger partial charge on any atom is 0.373 e. The monoisotopic (exact) mass is 234 g/mol. The van der Waals surface area contributed by atoms with Gasteiger partial charge in [-0.1, -0.05) is 12.5 Å². The third-order valence-corrected chi connectivity index (χ3v) is 3.36. The zero-order valence-corrected chi connectivity index (χ0v) is 9.44. The van der Waals surface area contributed by atoms with Crippen LogP contribution in [0.4, 0.5) is 0 Å². The Balaban J connectivity index is 2.38. The molecule has 0 saturated carbocycles. The number of carboxylic acid groups (broad SMARTS) is 1. The third kappa shape index (κ3) is 2.20. The van der Waals surface area contributed by atoms with Gasteiger partial charge in [0.2, 0.25) is 0 Å². The fourth-order valence-electron chi connectivity index (χ4n) is 2.51. The van der Waals surface area contributed by atoms with Crippen molar-refractivity contribution < 1.29 is 19.5 Å². The first-order chi connectivity index (χ1) is 8.11. The largest absolute Gasteiger partial charge is 0.475 e. The minimum Gasteiger partial charge on any atom is -0.475 e. The van der Waals surface area contributed by atoms with Crippen molar-refractivity contribution in [1.82, 2.24) is 0 Å². The molecule has 0 aromatic carbocycles. The van der Waals surface area contributed by atoms with E-state index in [4.69, 9.17) is 5.11 Å². The molecule has 0 fully saturated rings. The van der Waals surface area contributed by atoms with Crippen LogP contribution in [0.2, 0.25) is 0 Å². The second kappa shape index (κ2) is 4.65. The van der Waals surface area contributed by atoms with Gasteiger partial charge in [-0.3, -0.25) is 9.59 Å². The van der Waals surface area contributed by atoms with Gasteiger partial charge in [-0.2, -0.15) is 0 Å². The Morgan fingerprint density at radius 2 is 1.82 bits per heavy atom. The Kier molecular flexibility index (Phi) is 3.22. The van der Waals surface area contributed by atoms with E-state index in [0.29, 0.717) is 6.42 Å². The van der Waals surface area contributed by atoms with Gasteiger partial charge in [-0.15, -0.1) is 0 Å². The van der Waals surface area contributed by atoms with E-state index in [2.05, 4.69) is 0 Å². The van der Waals surface area contributed by atoms with Crippen molar-refractivity contribution in [2.75, 3.05) is 0 Å². The quantitative estimate of drug-likeness (QED) is 0.582. The molecule has 2 aliphatic rings. The molecule has 1 unspecified atom stereocenters. The fraction of sp³-hybridized carbons (Fsp3) is 0.462. The van der Waals surface area contributed by atoms with Crippen LogP contribution in [0.15, 0.2) is 23.3 Å². The van der Waals surface area contributed by atoms with Crippen molar-refractivity contribution in [1.29, 1.82) is 0 Å². The first-order valence-corrected chi connectivity index (χ1v) is 5.82. The molecule has 0 heterocycles. The average molecular weight is 234 g/mol. The van der Waals surface area contributed by atoms with Crippen molar-refractivity contribution >= 4 is 17.5 Å². The molecule has 4 heteroatoms. The summed E-state index contributed by atoms with van der Waals surface area (Å²) in [5.41, 5.74) is 1.73. The number of Topliss-reactive ketones (excluding diaryl/α,β-unsaturated/α-hetero) is 1. The fourth-order valence-corrected chi connectivity index (χ4v) is 2.51. The van der Waals surface area contributed by atoms with Gasteiger partial charge >= 0.3 is 5.97 Å². The van der Waals surface area contributed by atoms with E-state index in [1.165, 1.54) is 6.08 Å². The number of allylic oxidation sites excluding steroid dienone is 4. The SMILES string of the molecule is O=C(O)C(=O)C1C(=O)C=CC2=C1CCCCC2. The number of hydrogen-bond acceptors (Lipinski definition) is 3. The highest BCUT2D eigenvalue weighted by molar-refractivity contribution is 6.39. The first kappa shape index (κ1) is 11.8. The number of rotatable bonds is 2. The van der Waals surface area contributed by atoms with Crippen LogP contribution in [-0.4, -0.2) is 22.6 Å². The molecule has 0 spiro atoms. The van der Waals surface area contributed by atoms with Crippen molar-refractivity contribution in [2.24, 2.45) is 5.92 Å². The molecule has 17 heavy (non-hydrogen) atoms. The van der Waals surface area contributed by atoms with Crippen LogP contribution in [0.5, 0.6) is 0 Å². The van der Waals surface area contributed by atoms with Gasteiger partial charge in [0.25, 0.3) is 5.78 Å². The van der Waals surface area contributed by atoms with Crippen LogP contribution in [0.25, 0.3) is 0 Å². The molecular formula is C13H14O4. The Hall–Kier alpha value is -1.71. The van der Waals surface area contributed by atoms with E-state index in [9.17, 15) is 14.4 Å². The first-order valence-electron chi connectivity index (χ1n) is 5.82. The minimum absolute atomic E-state index is 0.391. The summed E-state index contributed by atoms with van der Waals surface area (Å²) in [6.45, 7) is 0. The number of carbonyl (C=O) groups is 3. The summed E-state index contributed by atoms with van der Waals surface area (Å²) in [6.07, 6.45) is 7.60. The maximum atomic E-state index is 11.7. The van der Waals surface area contributed by atoms with Crippen LogP contribution < -0.4 is 0 Å². The Morgan fingerprint density at radius 1 is 1.12 bits per heavy atom. The Labute approximate surface area is 99.0 Å². The Bertz CT molecular complexity index is 442. The van der Waals surface area contributed by atoms with Gasteiger partial charge in [0.1, 0.15) is 5.92 Å². The van der Waals surface area contributed by atoms with Gasteiger partial charge in [0.15, 0.2) is 5.78 Å². The van der Waals surface area contributed by atoms with Crippen molar-refractivity contribution in [2.45, 2.75) is 32.1 Å². The average Bonchev–Trinajstić information content (AvgIpc) is 2.53. The summed E-state index contributed by atoms with van der Waals surface area (Å²) < 4.78 is 0. The lowest BCUT2D eigenvalue weighted by Crippen LogP contribution is -2.32. The van der Waals surface area contributed by atoms with Gasteiger partial charge in [0.05, 0.1) is 0 Å². The molecule has 2 rings (SSSR count). The highest BCUT2D eigenvalue weighted by Gasteiger charge is 2.36. The summed E-state index contributed by atoms with van der Waals surface area (Å²) in [4.78, 5) is 34.0. The van der Waals surface area contributed by atoms with Crippen LogP contribution in [-0.2, 0) is 14.4 Å².